The first kappa shape index (κ1) is 19.1. The lowest BCUT2D eigenvalue weighted by molar-refractivity contribution is -0.135. The number of carbonyl (C=O) groups is 2. The van der Waals surface area contributed by atoms with Gasteiger partial charge in [0.15, 0.2) is 9.84 Å². The van der Waals surface area contributed by atoms with E-state index in [1.807, 2.05) is 29.9 Å². The van der Waals surface area contributed by atoms with E-state index < -0.39 is 9.84 Å². The molecule has 1 aromatic heterocycles. The van der Waals surface area contributed by atoms with Gasteiger partial charge in [0.25, 0.3) is 5.91 Å². The topological polar surface area (TPSA) is 79.7 Å². The zero-order valence-electron chi connectivity index (χ0n) is 14.4. The van der Waals surface area contributed by atoms with Crippen LogP contribution < -0.4 is 0 Å². The highest BCUT2D eigenvalue weighted by Crippen LogP contribution is 2.32. The summed E-state index contributed by atoms with van der Waals surface area (Å²) in [6, 6.07) is 3.41. The van der Waals surface area contributed by atoms with Crippen LogP contribution in [0.15, 0.2) is 23.2 Å². The van der Waals surface area contributed by atoms with Crippen molar-refractivity contribution in [1.29, 1.82) is 0 Å². The number of nitrogens with zero attached hydrogens (tertiary/aromatic N) is 3. The summed E-state index contributed by atoms with van der Waals surface area (Å²) in [5.74, 6) is -0.554. The SMILES string of the molecule is CN(C(=O)CN1C(=O)C(=Cc2cccn2C)SC1=S)C1CCS(=O)(=O)C1. The first-order valence-electron chi connectivity index (χ1n) is 8.01. The Balaban J connectivity index is 1.69. The van der Waals surface area contributed by atoms with Crippen molar-refractivity contribution in [2.75, 3.05) is 25.1 Å². The van der Waals surface area contributed by atoms with Gasteiger partial charge in [0, 0.05) is 32.0 Å². The molecular formula is C16H19N3O4S3. The molecule has 10 heteroatoms. The van der Waals surface area contributed by atoms with E-state index in [0.717, 1.165) is 17.5 Å². The number of thiocarbonyl (C=S) groups is 1. The molecule has 0 radical (unpaired) electrons. The summed E-state index contributed by atoms with van der Waals surface area (Å²) in [6.07, 6.45) is 4.05. The van der Waals surface area contributed by atoms with E-state index in [1.165, 1.54) is 9.80 Å². The predicted octanol–water partition coefficient (Wildman–Crippen LogP) is 0.872. The van der Waals surface area contributed by atoms with Gasteiger partial charge in [-0.1, -0.05) is 24.0 Å². The Hall–Kier alpha value is -1.65. The van der Waals surface area contributed by atoms with Crippen LogP contribution in [0.4, 0.5) is 0 Å². The van der Waals surface area contributed by atoms with Crippen LogP contribution in [-0.2, 0) is 26.5 Å². The highest BCUT2D eigenvalue weighted by atomic mass is 32.2. The Morgan fingerprint density at radius 2 is 2.23 bits per heavy atom. The minimum Gasteiger partial charge on any atom is -0.351 e. The molecule has 0 N–H and O–H groups in total. The standard InChI is InChI=1S/C16H19N3O4S3/c1-17-6-3-4-11(17)8-13-15(21)19(16(24)25-13)9-14(20)18(2)12-5-7-26(22,23)10-12/h3-4,6,8,12H,5,7,9-10H2,1-2H3. The summed E-state index contributed by atoms with van der Waals surface area (Å²) in [5.41, 5.74) is 0.866. The molecule has 0 aromatic carbocycles. The molecule has 0 spiro atoms. The van der Waals surface area contributed by atoms with Gasteiger partial charge in [0.2, 0.25) is 5.91 Å². The van der Waals surface area contributed by atoms with Gasteiger partial charge in [-0.05, 0) is 24.6 Å². The van der Waals surface area contributed by atoms with Crippen LogP contribution in [0.2, 0.25) is 0 Å². The number of carbonyl (C=O) groups excluding carboxylic acids is 2. The first-order valence-corrected chi connectivity index (χ1v) is 11.1. The Morgan fingerprint density at radius 3 is 2.81 bits per heavy atom. The number of hydrogen-bond donors (Lipinski definition) is 0. The largest absolute Gasteiger partial charge is 0.351 e. The lowest BCUT2D eigenvalue weighted by Crippen LogP contribution is -2.45. The van der Waals surface area contributed by atoms with E-state index in [1.54, 1.807) is 13.1 Å². The molecule has 0 saturated carbocycles. The van der Waals surface area contributed by atoms with Crippen molar-refractivity contribution in [1.82, 2.24) is 14.4 Å². The Labute approximate surface area is 161 Å². The van der Waals surface area contributed by atoms with Gasteiger partial charge in [-0.2, -0.15) is 0 Å². The molecule has 3 rings (SSSR count). The zero-order chi connectivity index (χ0) is 19.1. The minimum atomic E-state index is -3.08. The van der Waals surface area contributed by atoms with E-state index in [-0.39, 0.29) is 35.9 Å². The third-order valence-corrected chi connectivity index (χ3v) is 7.71. The molecule has 2 aliphatic heterocycles. The number of amides is 2. The van der Waals surface area contributed by atoms with Gasteiger partial charge in [0.1, 0.15) is 10.9 Å². The molecule has 1 aromatic rings. The molecular weight excluding hydrogens is 394 g/mol. The molecule has 0 aliphatic carbocycles. The average Bonchev–Trinajstić information content (AvgIpc) is 3.21. The van der Waals surface area contributed by atoms with E-state index >= 15 is 0 Å². The number of aromatic nitrogens is 1. The van der Waals surface area contributed by atoms with Crippen molar-refractivity contribution in [3.05, 3.63) is 28.9 Å². The number of thioether (sulfide) groups is 1. The fourth-order valence-electron chi connectivity index (χ4n) is 2.93. The summed E-state index contributed by atoms with van der Waals surface area (Å²) >= 11 is 6.42. The zero-order valence-corrected chi connectivity index (χ0v) is 16.9. The summed E-state index contributed by atoms with van der Waals surface area (Å²) < 4.78 is 25.4. The third-order valence-electron chi connectivity index (χ3n) is 4.58. The van der Waals surface area contributed by atoms with Crippen LogP contribution in [0.25, 0.3) is 6.08 Å². The summed E-state index contributed by atoms with van der Waals surface area (Å²) in [5, 5.41) is 0. The second-order valence-electron chi connectivity index (χ2n) is 6.37. The van der Waals surface area contributed by atoms with Crippen LogP contribution in [0.1, 0.15) is 12.1 Å². The predicted molar refractivity (Wildman–Crippen MR) is 105 cm³/mol. The molecule has 0 bridgehead atoms. The molecule has 2 fully saturated rings. The van der Waals surface area contributed by atoms with Gasteiger partial charge in [-0.15, -0.1) is 0 Å². The first-order chi connectivity index (χ1) is 12.2. The summed E-state index contributed by atoms with van der Waals surface area (Å²) in [4.78, 5) is 28.3. The van der Waals surface area contributed by atoms with Crippen molar-refractivity contribution >= 4 is 56.0 Å². The molecule has 1 unspecified atom stereocenters. The highest BCUT2D eigenvalue weighted by molar-refractivity contribution is 8.26. The number of aryl methyl sites for hydroxylation is 1. The van der Waals surface area contributed by atoms with E-state index in [0.29, 0.717) is 15.6 Å². The maximum absolute atomic E-state index is 12.6. The molecule has 2 saturated heterocycles. The van der Waals surface area contributed by atoms with Crippen molar-refractivity contribution in [2.45, 2.75) is 12.5 Å². The number of rotatable bonds is 4. The second kappa shape index (κ2) is 7.16. The minimum absolute atomic E-state index is 0.0268. The normalized spacial score (nSPS) is 23.8. The Morgan fingerprint density at radius 1 is 1.50 bits per heavy atom. The van der Waals surface area contributed by atoms with Crippen LogP contribution >= 0.6 is 24.0 Å². The van der Waals surface area contributed by atoms with Crippen LogP contribution in [0.5, 0.6) is 0 Å². The van der Waals surface area contributed by atoms with Crippen molar-refractivity contribution in [3.63, 3.8) is 0 Å². The van der Waals surface area contributed by atoms with Gasteiger partial charge < -0.3 is 9.47 Å². The lowest BCUT2D eigenvalue weighted by atomic mass is 10.2. The number of hydrogen-bond acceptors (Lipinski definition) is 6. The fraction of sp³-hybridized carbons (Fsp3) is 0.438. The smallest absolute Gasteiger partial charge is 0.266 e. The Kier molecular flexibility index (Phi) is 5.27. The van der Waals surface area contributed by atoms with Gasteiger partial charge >= 0.3 is 0 Å². The number of likely N-dealkylation sites (N-methyl/N-ethyl adjacent to an activating group) is 1. The average molecular weight is 414 g/mol. The van der Waals surface area contributed by atoms with E-state index in [2.05, 4.69) is 0 Å². The maximum atomic E-state index is 12.6. The van der Waals surface area contributed by atoms with E-state index in [4.69, 9.17) is 12.2 Å². The third kappa shape index (κ3) is 3.86. The molecule has 7 nitrogen and oxygen atoms in total. The van der Waals surface area contributed by atoms with Crippen molar-refractivity contribution in [2.24, 2.45) is 7.05 Å². The monoisotopic (exact) mass is 413 g/mol. The second-order valence-corrected chi connectivity index (χ2v) is 10.3. The summed E-state index contributed by atoms with van der Waals surface area (Å²) in [7, 11) is 0.370. The van der Waals surface area contributed by atoms with Gasteiger partial charge in [0.05, 0.1) is 16.4 Å². The Bertz CT molecular complexity index is 904. The van der Waals surface area contributed by atoms with Gasteiger partial charge in [-0.3, -0.25) is 14.5 Å². The van der Waals surface area contributed by atoms with Crippen LogP contribution in [0, 0.1) is 0 Å². The molecule has 1 atom stereocenters. The molecule has 26 heavy (non-hydrogen) atoms. The van der Waals surface area contributed by atoms with Crippen LogP contribution in [0.3, 0.4) is 0 Å². The molecule has 2 amide bonds. The molecule has 140 valence electrons. The van der Waals surface area contributed by atoms with E-state index in [9.17, 15) is 18.0 Å². The fourth-order valence-corrected chi connectivity index (χ4v) is 5.94. The molecule has 3 heterocycles. The van der Waals surface area contributed by atoms with Crippen molar-refractivity contribution in [3.8, 4) is 0 Å². The lowest BCUT2D eigenvalue weighted by Gasteiger charge is -2.25. The van der Waals surface area contributed by atoms with Crippen LogP contribution in [-0.4, -0.2) is 70.1 Å². The van der Waals surface area contributed by atoms with Gasteiger partial charge in [-0.25, -0.2) is 8.42 Å². The maximum Gasteiger partial charge on any atom is 0.266 e. The number of sulfone groups is 1. The summed E-state index contributed by atoms with van der Waals surface area (Å²) in [6.45, 7) is -0.178. The quantitative estimate of drug-likeness (QED) is 0.538. The highest BCUT2D eigenvalue weighted by Gasteiger charge is 2.37. The molecule has 2 aliphatic rings. The van der Waals surface area contributed by atoms with Crippen molar-refractivity contribution < 1.29 is 18.0 Å².